The molecule has 0 aliphatic carbocycles. The second-order valence-electron chi connectivity index (χ2n) is 8.64. The highest BCUT2D eigenvalue weighted by Gasteiger charge is 2.32. The van der Waals surface area contributed by atoms with Crippen molar-refractivity contribution in [2.24, 2.45) is 5.92 Å². The van der Waals surface area contributed by atoms with Crippen LogP contribution >= 0.6 is 0 Å². The Balaban J connectivity index is 2.37. The first-order valence-electron chi connectivity index (χ1n) is 11.1. The van der Waals surface area contributed by atoms with Gasteiger partial charge in [0.1, 0.15) is 18.8 Å². The summed E-state index contributed by atoms with van der Waals surface area (Å²) < 4.78 is 49.2. The van der Waals surface area contributed by atoms with Crippen molar-refractivity contribution in [3.8, 4) is 5.75 Å². The Hall–Kier alpha value is -2.33. The van der Waals surface area contributed by atoms with Gasteiger partial charge in [-0.15, -0.1) is 0 Å². The summed E-state index contributed by atoms with van der Waals surface area (Å²) in [6, 6.07) is 4.36. The van der Waals surface area contributed by atoms with Gasteiger partial charge in [-0.05, 0) is 44.0 Å². The number of fused-ring (bicyclic) bond motifs is 1. The van der Waals surface area contributed by atoms with Crippen LogP contribution in [-0.2, 0) is 9.53 Å². The maximum absolute atomic E-state index is 13.2. The molecule has 3 atom stereocenters. The molecule has 0 saturated carbocycles. The summed E-state index contributed by atoms with van der Waals surface area (Å²) in [5, 5.41) is 2.21. The summed E-state index contributed by atoms with van der Waals surface area (Å²) in [6.45, 7) is 8.57. The molecule has 7 nitrogen and oxygen atoms in total. The molecule has 0 spiro atoms. The summed E-state index contributed by atoms with van der Waals surface area (Å²) in [6.07, 6.45) is -5.45. The smallest absolute Gasteiger partial charge is 0.397 e. The zero-order valence-electron chi connectivity index (χ0n) is 19.9. The molecule has 1 N–H and O–H groups in total. The highest BCUT2D eigenvalue weighted by molar-refractivity contribution is 5.99. The third kappa shape index (κ3) is 7.89. The zero-order chi connectivity index (χ0) is 24.8. The van der Waals surface area contributed by atoms with Crippen LogP contribution in [0.15, 0.2) is 18.2 Å². The van der Waals surface area contributed by atoms with E-state index in [4.69, 9.17) is 9.47 Å². The first kappa shape index (κ1) is 26.9. The Morgan fingerprint density at radius 2 is 1.97 bits per heavy atom. The number of alkyl halides is 3. The van der Waals surface area contributed by atoms with Gasteiger partial charge in [-0.2, -0.15) is 13.2 Å². The number of carbonyl (C=O) groups is 2. The highest BCUT2D eigenvalue weighted by Crippen LogP contribution is 2.27. The van der Waals surface area contributed by atoms with Gasteiger partial charge in [0.2, 0.25) is 5.91 Å². The van der Waals surface area contributed by atoms with Gasteiger partial charge < -0.3 is 19.7 Å². The molecule has 1 aliphatic heterocycles. The number of nitrogens with one attached hydrogen (secondary N) is 1. The third-order valence-corrected chi connectivity index (χ3v) is 5.73. The van der Waals surface area contributed by atoms with Crippen molar-refractivity contribution in [3.05, 3.63) is 23.8 Å². The van der Waals surface area contributed by atoms with E-state index in [2.05, 4.69) is 31.0 Å². The topological polar surface area (TPSA) is 71.1 Å². The van der Waals surface area contributed by atoms with Crippen LogP contribution < -0.4 is 10.1 Å². The number of amides is 2. The number of halogens is 3. The fraction of sp³-hybridized carbons (Fsp3) is 0.652. The quantitative estimate of drug-likeness (QED) is 0.705. The van der Waals surface area contributed by atoms with Crippen LogP contribution in [0.1, 0.15) is 44.0 Å². The van der Waals surface area contributed by atoms with Crippen molar-refractivity contribution in [1.82, 2.24) is 9.80 Å². The largest absolute Gasteiger partial charge is 0.491 e. The van der Waals surface area contributed by atoms with Crippen molar-refractivity contribution >= 4 is 17.5 Å². The molecule has 0 aromatic heterocycles. The lowest BCUT2D eigenvalue weighted by Crippen LogP contribution is -2.46. The highest BCUT2D eigenvalue weighted by atomic mass is 19.4. The van der Waals surface area contributed by atoms with E-state index >= 15 is 0 Å². The van der Waals surface area contributed by atoms with E-state index in [1.54, 1.807) is 14.2 Å². The number of carbonyl (C=O) groups excluding carboxylic acids is 2. The maximum atomic E-state index is 13.2. The second kappa shape index (κ2) is 11.7. The van der Waals surface area contributed by atoms with Crippen LogP contribution in [0.5, 0.6) is 5.75 Å². The van der Waals surface area contributed by atoms with Crippen LogP contribution in [-0.4, -0.2) is 80.3 Å². The molecule has 1 aromatic rings. The van der Waals surface area contributed by atoms with Crippen LogP contribution in [0.4, 0.5) is 18.9 Å². The average molecular weight is 474 g/mol. The molecular weight excluding hydrogens is 439 g/mol. The number of benzene rings is 1. The Morgan fingerprint density at radius 1 is 1.27 bits per heavy atom. The van der Waals surface area contributed by atoms with E-state index in [-0.39, 0.29) is 35.2 Å². The Kier molecular flexibility index (Phi) is 9.54. The molecule has 10 heteroatoms. The van der Waals surface area contributed by atoms with E-state index in [1.165, 1.54) is 23.1 Å². The van der Waals surface area contributed by atoms with Crippen molar-refractivity contribution in [1.29, 1.82) is 0 Å². The lowest BCUT2D eigenvalue weighted by atomic mass is 10.0. The Labute approximate surface area is 193 Å². The van der Waals surface area contributed by atoms with Gasteiger partial charge in [-0.3, -0.25) is 14.5 Å². The van der Waals surface area contributed by atoms with Crippen molar-refractivity contribution < 1.29 is 32.2 Å². The van der Waals surface area contributed by atoms with Gasteiger partial charge in [0.25, 0.3) is 5.91 Å². The van der Waals surface area contributed by atoms with E-state index in [9.17, 15) is 22.8 Å². The summed E-state index contributed by atoms with van der Waals surface area (Å²) in [4.78, 5) is 28.8. The number of likely N-dealkylation sites (N-methyl/N-ethyl adjacent to an activating group) is 1. The van der Waals surface area contributed by atoms with Gasteiger partial charge in [0.05, 0.1) is 11.7 Å². The van der Waals surface area contributed by atoms with E-state index < -0.39 is 18.5 Å². The Bertz CT molecular complexity index is 819. The van der Waals surface area contributed by atoms with Crippen LogP contribution in [0.25, 0.3) is 0 Å². The number of anilines is 1. The first-order valence-corrected chi connectivity index (χ1v) is 11.1. The fourth-order valence-electron chi connectivity index (χ4n) is 3.92. The van der Waals surface area contributed by atoms with E-state index in [0.29, 0.717) is 18.9 Å². The van der Waals surface area contributed by atoms with E-state index in [1.807, 2.05) is 0 Å². The molecular formula is C23H34F3N3O4. The summed E-state index contributed by atoms with van der Waals surface area (Å²) in [5.74, 6) is -1.11. The lowest BCUT2D eigenvalue weighted by Gasteiger charge is -2.35. The molecule has 0 unspecified atom stereocenters. The van der Waals surface area contributed by atoms with Crippen molar-refractivity contribution in [3.63, 3.8) is 0 Å². The minimum atomic E-state index is -4.62. The van der Waals surface area contributed by atoms with Crippen LogP contribution in [0.2, 0.25) is 0 Å². The van der Waals surface area contributed by atoms with Crippen molar-refractivity contribution in [2.45, 2.75) is 51.9 Å². The minimum absolute atomic E-state index is 0.0659. The molecule has 1 heterocycles. The monoisotopic (exact) mass is 473 g/mol. The third-order valence-electron chi connectivity index (χ3n) is 5.73. The van der Waals surface area contributed by atoms with Crippen molar-refractivity contribution in [2.75, 3.05) is 45.7 Å². The predicted octanol–water partition coefficient (Wildman–Crippen LogP) is 3.79. The molecule has 0 saturated heterocycles. The fourth-order valence-corrected chi connectivity index (χ4v) is 3.92. The molecule has 0 fully saturated rings. The van der Waals surface area contributed by atoms with E-state index in [0.717, 1.165) is 19.5 Å². The van der Waals surface area contributed by atoms with Gasteiger partial charge in [-0.25, -0.2) is 0 Å². The Morgan fingerprint density at radius 3 is 2.58 bits per heavy atom. The number of hydrogen-bond donors (Lipinski definition) is 1. The molecule has 0 radical (unpaired) electrons. The van der Waals surface area contributed by atoms with Gasteiger partial charge in [0.15, 0.2) is 0 Å². The zero-order valence-corrected chi connectivity index (χ0v) is 19.9. The maximum Gasteiger partial charge on any atom is 0.397 e. The number of ether oxygens (including phenoxy) is 2. The minimum Gasteiger partial charge on any atom is -0.491 e. The summed E-state index contributed by atoms with van der Waals surface area (Å²) in [5.41, 5.74) is 0.261. The molecule has 2 amide bonds. The van der Waals surface area contributed by atoms with Gasteiger partial charge in [-0.1, -0.05) is 13.8 Å². The normalized spacial score (nSPS) is 23.2. The second-order valence-corrected chi connectivity index (χ2v) is 8.64. The molecule has 33 heavy (non-hydrogen) atoms. The molecule has 1 aliphatic rings. The van der Waals surface area contributed by atoms with Gasteiger partial charge in [0, 0.05) is 39.0 Å². The standard InChI is InChI=1S/C23H34F3N3O4/c1-6-9-29-12-15(2)20(32-5)13-28(4)22(31)18-10-17(27-21(30)11-23(24,25)26)7-8-19(18)33-14-16(29)3/h7-8,10,15-16,20H,6,9,11-14H2,1-5H3,(H,27,30)/t15-,16-,20+/m1/s1. The summed E-state index contributed by atoms with van der Waals surface area (Å²) >= 11 is 0. The molecule has 1 aromatic carbocycles. The predicted molar refractivity (Wildman–Crippen MR) is 119 cm³/mol. The average Bonchev–Trinajstić information content (AvgIpc) is 2.73. The number of hydrogen-bond acceptors (Lipinski definition) is 5. The molecule has 0 bridgehead atoms. The number of rotatable bonds is 5. The lowest BCUT2D eigenvalue weighted by molar-refractivity contribution is -0.150. The number of methoxy groups -OCH3 is 1. The SMILES string of the molecule is CCCN1C[C@@H](C)[C@@H](OC)CN(C)C(=O)c2cc(NC(=O)CC(F)(F)F)ccc2OC[C@H]1C. The number of nitrogens with zero attached hydrogens (tertiary/aromatic N) is 2. The van der Waals surface area contributed by atoms with Crippen LogP contribution in [0, 0.1) is 5.92 Å². The van der Waals surface area contributed by atoms with Gasteiger partial charge >= 0.3 is 6.18 Å². The molecule has 2 rings (SSSR count). The first-order chi connectivity index (χ1) is 15.4. The molecule has 186 valence electrons. The summed E-state index contributed by atoms with van der Waals surface area (Å²) in [7, 11) is 3.25. The van der Waals surface area contributed by atoms with Crippen LogP contribution in [0.3, 0.4) is 0 Å².